The van der Waals surface area contributed by atoms with Gasteiger partial charge in [0.1, 0.15) is 0 Å². The number of benzene rings is 2. The van der Waals surface area contributed by atoms with Crippen LogP contribution in [0, 0.1) is 0 Å². The van der Waals surface area contributed by atoms with Crippen molar-refractivity contribution in [3.8, 4) is 0 Å². The van der Waals surface area contributed by atoms with Crippen LogP contribution in [0.3, 0.4) is 0 Å². The van der Waals surface area contributed by atoms with Crippen LogP contribution in [0.2, 0.25) is 4.47 Å². The Morgan fingerprint density at radius 1 is 1.05 bits per heavy atom. The van der Waals surface area contributed by atoms with Crippen molar-refractivity contribution >= 4 is 34.4 Å². The van der Waals surface area contributed by atoms with E-state index in [1.165, 1.54) is 11.3 Å². The molecule has 22 heavy (non-hydrogen) atoms. The molecule has 1 heterocycles. The first kappa shape index (κ1) is 14.8. The molecule has 0 fully saturated rings. The summed E-state index contributed by atoms with van der Waals surface area (Å²) in [4.78, 5) is 17.4. The van der Waals surface area contributed by atoms with E-state index in [0.29, 0.717) is 22.1 Å². The van der Waals surface area contributed by atoms with Gasteiger partial charge in [0.05, 0.1) is 6.54 Å². The maximum absolute atomic E-state index is 12.3. The molecule has 3 aromatic rings. The number of thiazole rings is 1. The van der Waals surface area contributed by atoms with Gasteiger partial charge in [0, 0.05) is 27.9 Å². The molecule has 0 aliphatic carbocycles. The lowest BCUT2D eigenvalue weighted by Gasteiger charge is -2.06. The van der Waals surface area contributed by atoms with Gasteiger partial charge in [-0.05, 0) is 24.3 Å². The van der Waals surface area contributed by atoms with Gasteiger partial charge in [-0.1, -0.05) is 41.9 Å². The van der Waals surface area contributed by atoms with E-state index < -0.39 is 0 Å². The van der Waals surface area contributed by atoms with E-state index in [9.17, 15) is 4.79 Å². The lowest BCUT2D eigenvalue weighted by molar-refractivity contribution is 0.103. The first-order valence-corrected chi connectivity index (χ1v) is 7.96. The molecule has 0 spiro atoms. The van der Waals surface area contributed by atoms with Crippen molar-refractivity contribution in [3.05, 3.63) is 81.3 Å². The van der Waals surface area contributed by atoms with Crippen LogP contribution in [0.4, 0.5) is 5.69 Å². The molecule has 3 rings (SSSR count). The van der Waals surface area contributed by atoms with Crippen molar-refractivity contribution in [3.63, 3.8) is 0 Å². The third-order valence-electron chi connectivity index (χ3n) is 3.18. The first-order chi connectivity index (χ1) is 10.7. The number of hydrogen-bond donors (Lipinski definition) is 1. The molecule has 3 nitrogen and oxygen atoms in total. The molecule has 0 aliphatic rings. The van der Waals surface area contributed by atoms with E-state index in [1.54, 1.807) is 6.20 Å². The van der Waals surface area contributed by atoms with Crippen molar-refractivity contribution in [2.75, 3.05) is 5.32 Å². The highest BCUT2D eigenvalue weighted by molar-refractivity contribution is 7.15. The molecule has 0 saturated carbocycles. The minimum atomic E-state index is 0.0291. The average molecular weight is 329 g/mol. The van der Waals surface area contributed by atoms with Crippen molar-refractivity contribution in [2.45, 2.75) is 6.54 Å². The highest BCUT2D eigenvalue weighted by Gasteiger charge is 2.08. The quantitative estimate of drug-likeness (QED) is 0.694. The van der Waals surface area contributed by atoms with Gasteiger partial charge in [-0.15, -0.1) is 11.3 Å². The topological polar surface area (TPSA) is 42.0 Å². The molecule has 110 valence electrons. The predicted octanol–water partition coefficient (Wildman–Crippen LogP) is 4.64. The number of hydrogen-bond acceptors (Lipinski definition) is 4. The summed E-state index contributed by atoms with van der Waals surface area (Å²) in [6.45, 7) is 0.663. The largest absolute Gasteiger partial charge is 0.380 e. The van der Waals surface area contributed by atoms with E-state index in [0.717, 1.165) is 10.6 Å². The second kappa shape index (κ2) is 6.73. The van der Waals surface area contributed by atoms with E-state index in [4.69, 9.17) is 11.6 Å². The second-order valence-corrected chi connectivity index (χ2v) is 6.40. The molecule has 2 aromatic carbocycles. The Labute approximate surface area is 137 Å². The number of nitrogens with zero attached hydrogens (tertiary/aromatic N) is 1. The van der Waals surface area contributed by atoms with Gasteiger partial charge in [-0.3, -0.25) is 4.79 Å². The van der Waals surface area contributed by atoms with Crippen LogP contribution in [0.15, 0.2) is 60.8 Å². The fourth-order valence-electron chi connectivity index (χ4n) is 2.05. The highest BCUT2D eigenvalue weighted by atomic mass is 35.5. The summed E-state index contributed by atoms with van der Waals surface area (Å²) < 4.78 is 0.542. The fraction of sp³-hybridized carbons (Fsp3) is 0.0588. The number of ketones is 1. The normalized spacial score (nSPS) is 10.4. The molecule has 5 heteroatoms. The molecule has 1 aromatic heterocycles. The molecule has 0 amide bonds. The van der Waals surface area contributed by atoms with Crippen LogP contribution >= 0.6 is 22.9 Å². The number of aromatic nitrogens is 1. The molecular weight excluding hydrogens is 316 g/mol. The van der Waals surface area contributed by atoms with Crippen molar-refractivity contribution in [2.24, 2.45) is 0 Å². The van der Waals surface area contributed by atoms with Crippen molar-refractivity contribution in [1.82, 2.24) is 4.98 Å². The molecular formula is C17H13ClN2OS. The van der Waals surface area contributed by atoms with Crippen LogP contribution < -0.4 is 5.32 Å². The van der Waals surface area contributed by atoms with E-state index in [2.05, 4.69) is 10.3 Å². The number of carbonyl (C=O) groups excluding carboxylic acids is 1. The summed E-state index contributed by atoms with van der Waals surface area (Å²) in [6.07, 6.45) is 1.76. The number of halogens is 1. The minimum absolute atomic E-state index is 0.0291. The average Bonchev–Trinajstić information content (AvgIpc) is 2.99. The van der Waals surface area contributed by atoms with Gasteiger partial charge in [-0.25, -0.2) is 4.98 Å². The van der Waals surface area contributed by atoms with E-state index in [-0.39, 0.29) is 5.78 Å². The van der Waals surface area contributed by atoms with E-state index >= 15 is 0 Å². The molecule has 0 unspecified atom stereocenters. The van der Waals surface area contributed by atoms with Gasteiger partial charge in [0.2, 0.25) is 0 Å². The van der Waals surface area contributed by atoms with E-state index in [1.807, 2.05) is 54.6 Å². The summed E-state index contributed by atoms with van der Waals surface area (Å²) in [5.41, 5.74) is 2.33. The number of rotatable bonds is 5. The number of carbonyl (C=O) groups is 1. The lowest BCUT2D eigenvalue weighted by Crippen LogP contribution is -2.02. The SMILES string of the molecule is O=C(c1ccccc1)c1ccc(NCc2cnc(Cl)s2)cc1. The number of anilines is 1. The molecule has 0 atom stereocenters. The summed E-state index contributed by atoms with van der Waals surface area (Å²) in [5.74, 6) is 0.0291. The second-order valence-electron chi connectivity index (χ2n) is 4.71. The molecule has 1 N–H and O–H groups in total. The Hall–Kier alpha value is -2.17. The zero-order valence-corrected chi connectivity index (χ0v) is 13.2. The fourth-order valence-corrected chi connectivity index (χ4v) is 2.97. The Morgan fingerprint density at radius 2 is 1.73 bits per heavy atom. The Balaban J connectivity index is 1.66. The van der Waals surface area contributed by atoms with Crippen molar-refractivity contribution in [1.29, 1.82) is 0 Å². The van der Waals surface area contributed by atoms with Gasteiger partial charge in [-0.2, -0.15) is 0 Å². The summed E-state index contributed by atoms with van der Waals surface area (Å²) in [7, 11) is 0. The third-order valence-corrected chi connectivity index (χ3v) is 4.29. The third kappa shape index (κ3) is 3.53. The Morgan fingerprint density at radius 3 is 2.36 bits per heavy atom. The zero-order chi connectivity index (χ0) is 15.4. The van der Waals surface area contributed by atoms with Gasteiger partial charge < -0.3 is 5.32 Å². The summed E-state index contributed by atoms with van der Waals surface area (Å²) in [6, 6.07) is 16.7. The molecule has 0 bridgehead atoms. The van der Waals surface area contributed by atoms with Gasteiger partial charge >= 0.3 is 0 Å². The van der Waals surface area contributed by atoms with Crippen LogP contribution in [0.5, 0.6) is 0 Å². The van der Waals surface area contributed by atoms with Crippen LogP contribution in [-0.4, -0.2) is 10.8 Å². The van der Waals surface area contributed by atoms with Crippen molar-refractivity contribution < 1.29 is 4.79 Å². The summed E-state index contributed by atoms with van der Waals surface area (Å²) in [5, 5.41) is 3.28. The Bertz CT molecular complexity index is 769. The lowest BCUT2D eigenvalue weighted by atomic mass is 10.0. The monoisotopic (exact) mass is 328 g/mol. The number of nitrogens with one attached hydrogen (secondary N) is 1. The predicted molar refractivity (Wildman–Crippen MR) is 90.8 cm³/mol. The highest BCUT2D eigenvalue weighted by Crippen LogP contribution is 2.19. The molecule has 0 saturated heterocycles. The van der Waals surface area contributed by atoms with Crippen LogP contribution in [-0.2, 0) is 6.54 Å². The van der Waals surface area contributed by atoms with Crippen LogP contribution in [0.1, 0.15) is 20.8 Å². The van der Waals surface area contributed by atoms with Crippen LogP contribution in [0.25, 0.3) is 0 Å². The summed E-state index contributed by atoms with van der Waals surface area (Å²) >= 11 is 7.25. The molecule has 0 aliphatic heterocycles. The first-order valence-electron chi connectivity index (χ1n) is 6.76. The maximum atomic E-state index is 12.3. The standard InChI is InChI=1S/C17H13ClN2OS/c18-17-20-11-15(22-17)10-19-14-8-6-13(7-9-14)16(21)12-4-2-1-3-5-12/h1-9,11,19H,10H2. The Kier molecular flexibility index (Phi) is 4.51. The van der Waals surface area contributed by atoms with Gasteiger partial charge in [0.15, 0.2) is 10.3 Å². The minimum Gasteiger partial charge on any atom is -0.380 e. The smallest absolute Gasteiger partial charge is 0.193 e. The molecule has 0 radical (unpaired) electrons. The van der Waals surface area contributed by atoms with Gasteiger partial charge in [0.25, 0.3) is 0 Å². The maximum Gasteiger partial charge on any atom is 0.193 e. The zero-order valence-electron chi connectivity index (χ0n) is 11.6.